The van der Waals surface area contributed by atoms with Gasteiger partial charge >= 0.3 is 6.36 Å². The Morgan fingerprint density at radius 2 is 2.05 bits per heavy atom. The summed E-state index contributed by atoms with van der Waals surface area (Å²) in [5.41, 5.74) is -1.07. The van der Waals surface area contributed by atoms with E-state index in [-0.39, 0.29) is 16.6 Å². The fourth-order valence-corrected chi connectivity index (χ4v) is 1.84. The second-order valence-electron chi connectivity index (χ2n) is 3.30. The van der Waals surface area contributed by atoms with Crippen molar-refractivity contribution < 1.29 is 26.7 Å². The van der Waals surface area contributed by atoms with Crippen LogP contribution in [0.2, 0.25) is 0 Å². The predicted octanol–water partition coefficient (Wildman–Crippen LogP) is 3.88. The zero-order chi connectivity index (χ0) is 14.6. The number of rotatable bonds is 4. The van der Waals surface area contributed by atoms with Crippen LogP contribution in [0.15, 0.2) is 6.07 Å². The highest BCUT2D eigenvalue weighted by Crippen LogP contribution is 2.31. The minimum absolute atomic E-state index is 0.180. The quantitative estimate of drug-likeness (QED) is 0.615. The highest BCUT2D eigenvalue weighted by molar-refractivity contribution is 9.08. The minimum atomic E-state index is -4.98. The molecule has 0 aliphatic heterocycles. The molecule has 0 aromatic carbocycles. The van der Waals surface area contributed by atoms with Gasteiger partial charge in [0.2, 0.25) is 5.88 Å². The largest absolute Gasteiger partial charge is 0.574 e. The van der Waals surface area contributed by atoms with Gasteiger partial charge in [-0.05, 0) is 5.56 Å². The monoisotopic (exact) mass is 344 g/mol. The van der Waals surface area contributed by atoms with Crippen molar-refractivity contribution in [3.8, 4) is 11.9 Å². The van der Waals surface area contributed by atoms with Gasteiger partial charge in [0.25, 0.3) is 6.43 Å². The first-order valence-corrected chi connectivity index (χ1v) is 5.90. The molecule has 0 saturated heterocycles. The predicted molar refractivity (Wildman–Crippen MR) is 57.8 cm³/mol. The summed E-state index contributed by atoms with van der Waals surface area (Å²) in [6, 6.07) is 2.31. The Balaban J connectivity index is 3.32. The molecule has 3 nitrogen and oxygen atoms in total. The van der Waals surface area contributed by atoms with E-state index in [2.05, 4.69) is 25.7 Å². The van der Waals surface area contributed by atoms with Crippen LogP contribution in [0, 0.1) is 11.3 Å². The Morgan fingerprint density at radius 3 is 2.47 bits per heavy atom. The smallest absolute Gasteiger partial charge is 0.388 e. The summed E-state index contributed by atoms with van der Waals surface area (Å²) in [7, 11) is 0. The van der Waals surface area contributed by atoms with Crippen LogP contribution in [0.3, 0.4) is 0 Å². The Labute approximate surface area is 113 Å². The standard InChI is InChI=1S/C10H6BrF5N2O/c11-4-6-8(9(12)13)5(1-2-17)3-7(18-6)19-10(14,15)16/h3,9H,1,4H2. The van der Waals surface area contributed by atoms with Gasteiger partial charge in [0.05, 0.1) is 18.2 Å². The number of nitriles is 1. The van der Waals surface area contributed by atoms with Crippen molar-refractivity contribution in [3.05, 3.63) is 22.9 Å². The van der Waals surface area contributed by atoms with Gasteiger partial charge in [0, 0.05) is 17.0 Å². The number of pyridine rings is 1. The summed E-state index contributed by atoms with van der Waals surface area (Å²) < 4.78 is 65.4. The third-order valence-corrected chi connectivity index (χ3v) is 2.57. The van der Waals surface area contributed by atoms with Crippen molar-refractivity contribution >= 4 is 15.9 Å². The van der Waals surface area contributed by atoms with Crippen LogP contribution in [-0.4, -0.2) is 11.3 Å². The van der Waals surface area contributed by atoms with Gasteiger partial charge in [-0.1, -0.05) is 15.9 Å². The topological polar surface area (TPSA) is 45.9 Å². The molecule has 104 valence electrons. The second-order valence-corrected chi connectivity index (χ2v) is 3.86. The molecule has 0 amide bonds. The van der Waals surface area contributed by atoms with E-state index in [0.29, 0.717) is 6.07 Å². The van der Waals surface area contributed by atoms with Crippen LogP contribution in [0.1, 0.15) is 23.2 Å². The van der Waals surface area contributed by atoms with Crippen molar-refractivity contribution in [3.63, 3.8) is 0 Å². The normalized spacial score (nSPS) is 11.5. The molecule has 0 spiro atoms. The van der Waals surface area contributed by atoms with Crippen LogP contribution in [0.5, 0.6) is 5.88 Å². The molecule has 0 atom stereocenters. The fraction of sp³-hybridized carbons (Fsp3) is 0.400. The average molecular weight is 345 g/mol. The molecule has 1 heterocycles. The van der Waals surface area contributed by atoms with Crippen molar-refractivity contribution in [2.75, 3.05) is 0 Å². The third kappa shape index (κ3) is 4.31. The maximum atomic E-state index is 12.8. The zero-order valence-corrected chi connectivity index (χ0v) is 10.7. The fourth-order valence-electron chi connectivity index (χ4n) is 1.41. The van der Waals surface area contributed by atoms with Gasteiger partial charge in [0.1, 0.15) is 0 Å². The van der Waals surface area contributed by atoms with E-state index >= 15 is 0 Å². The molecule has 1 rings (SSSR count). The van der Waals surface area contributed by atoms with E-state index in [0.717, 1.165) is 0 Å². The molecule has 0 unspecified atom stereocenters. The van der Waals surface area contributed by atoms with E-state index in [1.165, 1.54) is 0 Å². The lowest BCUT2D eigenvalue weighted by Crippen LogP contribution is -2.19. The van der Waals surface area contributed by atoms with Gasteiger partial charge in [0.15, 0.2) is 0 Å². The van der Waals surface area contributed by atoms with Gasteiger partial charge in [-0.15, -0.1) is 13.2 Å². The number of halogens is 6. The van der Waals surface area contributed by atoms with E-state index < -0.39 is 30.7 Å². The summed E-state index contributed by atoms with van der Waals surface area (Å²) in [6.07, 6.45) is -8.38. The maximum Gasteiger partial charge on any atom is 0.574 e. The minimum Gasteiger partial charge on any atom is -0.388 e. The van der Waals surface area contributed by atoms with Crippen molar-refractivity contribution in [1.29, 1.82) is 5.26 Å². The first-order chi connectivity index (χ1) is 8.78. The molecule has 0 radical (unpaired) electrons. The number of aromatic nitrogens is 1. The molecule has 0 N–H and O–H groups in total. The third-order valence-electron chi connectivity index (χ3n) is 2.03. The van der Waals surface area contributed by atoms with E-state index in [4.69, 9.17) is 5.26 Å². The maximum absolute atomic E-state index is 12.8. The molecule has 19 heavy (non-hydrogen) atoms. The van der Waals surface area contributed by atoms with Crippen LogP contribution in [0.4, 0.5) is 22.0 Å². The van der Waals surface area contributed by atoms with Gasteiger partial charge in [-0.25, -0.2) is 13.8 Å². The van der Waals surface area contributed by atoms with Crippen LogP contribution in [0.25, 0.3) is 0 Å². The highest BCUT2D eigenvalue weighted by atomic mass is 79.9. The molecule has 9 heteroatoms. The number of alkyl halides is 6. The second kappa shape index (κ2) is 6.14. The van der Waals surface area contributed by atoms with Crippen LogP contribution >= 0.6 is 15.9 Å². The molecule has 1 aromatic rings. The lowest BCUT2D eigenvalue weighted by molar-refractivity contribution is -0.276. The molecule has 0 saturated carbocycles. The Hall–Kier alpha value is -1.43. The van der Waals surface area contributed by atoms with Crippen molar-refractivity contribution in [2.24, 2.45) is 0 Å². The Bertz CT molecular complexity index is 498. The van der Waals surface area contributed by atoms with Crippen LogP contribution < -0.4 is 4.74 Å². The summed E-state index contributed by atoms with van der Waals surface area (Å²) >= 11 is 2.86. The summed E-state index contributed by atoms with van der Waals surface area (Å²) in [4.78, 5) is 3.36. The van der Waals surface area contributed by atoms with Crippen LogP contribution in [-0.2, 0) is 11.8 Å². The Morgan fingerprint density at radius 1 is 1.42 bits per heavy atom. The lowest BCUT2D eigenvalue weighted by Gasteiger charge is -2.14. The molecule has 0 fully saturated rings. The molecule has 0 bridgehead atoms. The van der Waals surface area contributed by atoms with E-state index in [9.17, 15) is 22.0 Å². The first kappa shape index (κ1) is 15.6. The lowest BCUT2D eigenvalue weighted by atomic mass is 10.0. The first-order valence-electron chi connectivity index (χ1n) is 4.78. The summed E-state index contributed by atoms with van der Waals surface area (Å²) in [5, 5.41) is 8.34. The molecular weight excluding hydrogens is 339 g/mol. The number of hydrogen-bond donors (Lipinski definition) is 0. The highest BCUT2D eigenvalue weighted by Gasteiger charge is 2.33. The van der Waals surface area contributed by atoms with Crippen molar-refractivity contribution in [1.82, 2.24) is 4.98 Å². The zero-order valence-electron chi connectivity index (χ0n) is 9.14. The molecule has 0 aliphatic carbocycles. The average Bonchev–Trinajstić information content (AvgIpc) is 2.25. The molecule has 0 aliphatic rings. The Kier molecular flexibility index (Phi) is 5.05. The van der Waals surface area contributed by atoms with Gasteiger partial charge in [-0.3, -0.25) is 0 Å². The number of nitrogens with zero attached hydrogens (tertiary/aromatic N) is 2. The van der Waals surface area contributed by atoms with Gasteiger partial charge in [-0.2, -0.15) is 5.26 Å². The molecule has 1 aromatic heterocycles. The summed E-state index contributed by atoms with van der Waals surface area (Å²) in [5.74, 6) is -0.864. The van der Waals surface area contributed by atoms with Crippen molar-refractivity contribution in [2.45, 2.75) is 24.5 Å². The van der Waals surface area contributed by atoms with E-state index in [1.807, 2.05) is 0 Å². The number of ether oxygens (including phenoxy) is 1. The van der Waals surface area contributed by atoms with E-state index in [1.54, 1.807) is 6.07 Å². The number of hydrogen-bond acceptors (Lipinski definition) is 3. The molecular formula is C10H6BrF5N2O. The van der Waals surface area contributed by atoms with Gasteiger partial charge < -0.3 is 4.74 Å². The summed E-state index contributed by atoms with van der Waals surface area (Å²) in [6.45, 7) is 0. The SMILES string of the molecule is N#CCc1cc(OC(F)(F)F)nc(CBr)c1C(F)F.